The Bertz CT molecular complexity index is 450. The average molecular weight is 286 g/mol. The second-order valence-electron chi connectivity index (χ2n) is 7.09. The molecule has 2 rings (SSSR count). The van der Waals surface area contributed by atoms with E-state index in [0.29, 0.717) is 0 Å². The first-order valence-electron chi connectivity index (χ1n) is 8.44. The molecule has 0 amide bonds. The molecule has 21 heavy (non-hydrogen) atoms. The van der Waals surface area contributed by atoms with E-state index in [4.69, 9.17) is 0 Å². The molecule has 0 spiro atoms. The summed E-state index contributed by atoms with van der Waals surface area (Å²) < 4.78 is 0. The molecule has 116 valence electrons. The highest BCUT2D eigenvalue weighted by Crippen LogP contribution is 2.41. The van der Waals surface area contributed by atoms with Gasteiger partial charge < -0.3 is 5.32 Å². The Morgan fingerprint density at radius 1 is 1.10 bits per heavy atom. The quantitative estimate of drug-likeness (QED) is 0.716. The van der Waals surface area contributed by atoms with Crippen LogP contribution < -0.4 is 5.32 Å². The van der Waals surface area contributed by atoms with Gasteiger partial charge in [-0.05, 0) is 50.6 Å². The van der Waals surface area contributed by atoms with Crippen LogP contribution in [0.1, 0.15) is 71.3 Å². The van der Waals surface area contributed by atoms with Gasteiger partial charge in [-0.15, -0.1) is 0 Å². The molecular formula is C19H30N2. The van der Waals surface area contributed by atoms with E-state index in [1.807, 2.05) is 12.4 Å². The summed E-state index contributed by atoms with van der Waals surface area (Å²) in [5.41, 5.74) is 1.74. The molecule has 0 aliphatic carbocycles. The van der Waals surface area contributed by atoms with E-state index in [2.05, 4.69) is 55.5 Å². The lowest BCUT2D eigenvalue weighted by Gasteiger charge is -2.43. The molecule has 0 saturated carbocycles. The monoisotopic (exact) mass is 286 g/mol. The highest BCUT2D eigenvalue weighted by molar-refractivity contribution is 5.32. The van der Waals surface area contributed by atoms with Crippen LogP contribution in [0.3, 0.4) is 0 Å². The topological polar surface area (TPSA) is 24.9 Å². The van der Waals surface area contributed by atoms with Gasteiger partial charge in [-0.3, -0.25) is 4.98 Å². The summed E-state index contributed by atoms with van der Waals surface area (Å²) >= 11 is 0. The van der Waals surface area contributed by atoms with Gasteiger partial charge in [-0.2, -0.15) is 0 Å². The van der Waals surface area contributed by atoms with Crippen molar-refractivity contribution in [3.63, 3.8) is 0 Å². The third-order valence-electron chi connectivity index (χ3n) is 4.62. The van der Waals surface area contributed by atoms with E-state index < -0.39 is 0 Å². The zero-order valence-corrected chi connectivity index (χ0v) is 13.9. The van der Waals surface area contributed by atoms with E-state index in [9.17, 15) is 0 Å². The van der Waals surface area contributed by atoms with Crippen molar-refractivity contribution in [2.75, 3.05) is 0 Å². The first kappa shape index (κ1) is 16.1. The summed E-state index contributed by atoms with van der Waals surface area (Å²) in [6.07, 6.45) is 17.5. The average Bonchev–Trinajstić information content (AvgIpc) is 2.47. The molecule has 2 heterocycles. The van der Waals surface area contributed by atoms with E-state index >= 15 is 0 Å². The fourth-order valence-corrected chi connectivity index (χ4v) is 3.57. The van der Waals surface area contributed by atoms with Gasteiger partial charge >= 0.3 is 0 Å². The minimum absolute atomic E-state index is 0.154. The van der Waals surface area contributed by atoms with Gasteiger partial charge in [0.2, 0.25) is 0 Å². The van der Waals surface area contributed by atoms with Crippen LogP contribution in [0, 0.1) is 0 Å². The molecule has 0 fully saturated rings. The molecule has 0 bridgehead atoms. The number of aromatic nitrogens is 1. The zero-order chi connectivity index (χ0) is 15.2. The first-order valence-corrected chi connectivity index (χ1v) is 8.44. The van der Waals surface area contributed by atoms with Crippen molar-refractivity contribution >= 4 is 0 Å². The summed E-state index contributed by atoms with van der Waals surface area (Å²) in [4.78, 5) is 4.19. The maximum atomic E-state index is 4.19. The minimum Gasteiger partial charge on any atom is -0.386 e. The summed E-state index contributed by atoms with van der Waals surface area (Å²) in [6.45, 7) is 6.86. The Morgan fingerprint density at radius 3 is 2.48 bits per heavy atom. The van der Waals surface area contributed by atoms with Gasteiger partial charge in [0.25, 0.3) is 0 Å². The summed E-state index contributed by atoms with van der Waals surface area (Å²) in [7, 11) is 0. The maximum absolute atomic E-state index is 4.19. The molecule has 1 aliphatic rings. The van der Waals surface area contributed by atoms with Crippen LogP contribution in [0.2, 0.25) is 0 Å². The molecule has 1 aromatic rings. The fourth-order valence-electron chi connectivity index (χ4n) is 3.57. The SMILES string of the molecule is CCCCCCCC1(c2ccncc2)C=CNC(C)(C)C1. The Hall–Kier alpha value is -1.31. The molecule has 0 saturated heterocycles. The summed E-state index contributed by atoms with van der Waals surface area (Å²) in [5, 5.41) is 3.50. The van der Waals surface area contributed by atoms with Gasteiger partial charge in [0.15, 0.2) is 0 Å². The number of nitrogens with one attached hydrogen (secondary N) is 1. The van der Waals surface area contributed by atoms with Gasteiger partial charge in [-0.25, -0.2) is 0 Å². The third-order valence-corrected chi connectivity index (χ3v) is 4.62. The zero-order valence-electron chi connectivity index (χ0n) is 13.9. The number of nitrogens with zero attached hydrogens (tertiary/aromatic N) is 1. The number of rotatable bonds is 7. The van der Waals surface area contributed by atoms with E-state index in [-0.39, 0.29) is 11.0 Å². The van der Waals surface area contributed by atoms with Crippen LogP contribution in [-0.4, -0.2) is 10.5 Å². The second kappa shape index (κ2) is 7.11. The van der Waals surface area contributed by atoms with E-state index in [1.54, 1.807) is 0 Å². The lowest BCUT2D eigenvalue weighted by Crippen LogP contribution is -2.46. The molecule has 1 N–H and O–H groups in total. The Kier molecular flexibility index (Phi) is 5.44. The first-order chi connectivity index (χ1) is 10.1. The van der Waals surface area contributed by atoms with Gasteiger partial charge in [0, 0.05) is 23.3 Å². The number of pyridine rings is 1. The lowest BCUT2D eigenvalue weighted by atomic mass is 9.68. The molecule has 0 radical (unpaired) electrons. The number of hydrogen-bond donors (Lipinski definition) is 1. The Morgan fingerprint density at radius 2 is 1.81 bits per heavy atom. The number of allylic oxidation sites excluding steroid dienone is 1. The second-order valence-corrected chi connectivity index (χ2v) is 7.09. The smallest absolute Gasteiger partial charge is 0.0323 e. The standard InChI is InChI=1S/C19H30N2/c1-4-5-6-7-8-11-19(17-9-13-20-14-10-17)12-15-21-18(2,3)16-19/h9-10,12-15,21H,4-8,11,16H2,1-3H3. The summed E-state index contributed by atoms with van der Waals surface area (Å²) in [6, 6.07) is 4.38. The van der Waals surface area contributed by atoms with Crippen LogP contribution in [0.4, 0.5) is 0 Å². The number of unbranched alkanes of at least 4 members (excludes halogenated alkanes) is 4. The van der Waals surface area contributed by atoms with Crippen LogP contribution in [0.5, 0.6) is 0 Å². The lowest BCUT2D eigenvalue weighted by molar-refractivity contribution is 0.282. The molecular weight excluding hydrogens is 256 g/mol. The van der Waals surface area contributed by atoms with Crippen molar-refractivity contribution in [2.45, 2.75) is 76.7 Å². The van der Waals surface area contributed by atoms with Crippen molar-refractivity contribution < 1.29 is 0 Å². The van der Waals surface area contributed by atoms with Gasteiger partial charge in [0.05, 0.1) is 0 Å². The Balaban J connectivity index is 2.12. The molecule has 2 nitrogen and oxygen atoms in total. The van der Waals surface area contributed by atoms with Crippen molar-refractivity contribution in [2.24, 2.45) is 0 Å². The Labute approximate surface area is 130 Å². The summed E-state index contributed by atoms with van der Waals surface area (Å²) in [5.74, 6) is 0. The van der Waals surface area contributed by atoms with E-state index in [0.717, 1.165) is 6.42 Å². The number of hydrogen-bond acceptors (Lipinski definition) is 2. The van der Waals surface area contributed by atoms with E-state index in [1.165, 1.54) is 44.1 Å². The fraction of sp³-hybridized carbons (Fsp3) is 0.632. The highest BCUT2D eigenvalue weighted by atomic mass is 14.9. The molecule has 1 atom stereocenters. The van der Waals surface area contributed by atoms with Gasteiger partial charge in [0.1, 0.15) is 0 Å². The van der Waals surface area contributed by atoms with Crippen molar-refractivity contribution in [1.82, 2.24) is 10.3 Å². The van der Waals surface area contributed by atoms with Crippen molar-refractivity contribution in [3.05, 3.63) is 42.4 Å². The third kappa shape index (κ3) is 4.33. The molecule has 1 unspecified atom stereocenters. The molecule has 1 aromatic heterocycles. The predicted octanol–water partition coefficient (Wildman–Crippen LogP) is 4.97. The van der Waals surface area contributed by atoms with Crippen LogP contribution in [-0.2, 0) is 5.41 Å². The largest absolute Gasteiger partial charge is 0.386 e. The van der Waals surface area contributed by atoms with Crippen LogP contribution in [0.25, 0.3) is 0 Å². The molecule has 0 aromatic carbocycles. The van der Waals surface area contributed by atoms with Gasteiger partial charge in [-0.1, -0.05) is 45.1 Å². The van der Waals surface area contributed by atoms with Crippen molar-refractivity contribution in [3.8, 4) is 0 Å². The maximum Gasteiger partial charge on any atom is 0.0323 e. The predicted molar refractivity (Wildman–Crippen MR) is 90.3 cm³/mol. The normalized spacial score (nSPS) is 23.8. The highest BCUT2D eigenvalue weighted by Gasteiger charge is 2.37. The van der Waals surface area contributed by atoms with Crippen molar-refractivity contribution in [1.29, 1.82) is 0 Å². The molecule has 1 aliphatic heterocycles. The molecule has 2 heteroatoms. The van der Waals surface area contributed by atoms with Crippen LogP contribution in [0.15, 0.2) is 36.8 Å². The van der Waals surface area contributed by atoms with Crippen LogP contribution >= 0.6 is 0 Å². The minimum atomic E-state index is 0.154.